The number of carboxylic acid groups (broad SMARTS) is 1. The lowest BCUT2D eigenvalue weighted by molar-refractivity contribution is 0.0596. The monoisotopic (exact) mass is 381 g/mol. The number of carbonyl (C=O) groups excluding carboxylic acids is 1. The highest BCUT2D eigenvalue weighted by Crippen LogP contribution is 2.32. The third kappa shape index (κ3) is 3.26. The molecule has 0 aliphatic carbocycles. The minimum atomic E-state index is -1.13. The van der Waals surface area contributed by atoms with Gasteiger partial charge < -0.3 is 14.5 Å². The molecular weight excluding hydrogens is 362 g/mol. The normalized spacial score (nSPS) is 19.5. The number of para-hydroxylation sites is 1. The molecule has 1 aliphatic rings. The van der Waals surface area contributed by atoms with Gasteiger partial charge in [0.15, 0.2) is 5.69 Å². The van der Waals surface area contributed by atoms with Crippen molar-refractivity contribution in [3.05, 3.63) is 59.7 Å². The van der Waals surface area contributed by atoms with Crippen LogP contribution in [0.25, 0.3) is 5.69 Å². The molecule has 1 fully saturated rings. The minimum absolute atomic E-state index is 0.0456. The summed E-state index contributed by atoms with van der Waals surface area (Å²) >= 11 is 0. The van der Waals surface area contributed by atoms with Crippen LogP contribution >= 0.6 is 0 Å². The predicted molar refractivity (Wildman–Crippen MR) is 97.3 cm³/mol. The van der Waals surface area contributed by atoms with Crippen molar-refractivity contribution in [1.82, 2.24) is 25.1 Å². The van der Waals surface area contributed by atoms with E-state index in [1.807, 2.05) is 19.1 Å². The number of likely N-dealkylation sites (tertiary alicyclic amines) is 1. The molecule has 0 saturated carbocycles. The number of carbonyl (C=O) groups is 2. The van der Waals surface area contributed by atoms with Crippen LogP contribution in [0.15, 0.2) is 47.2 Å². The van der Waals surface area contributed by atoms with Gasteiger partial charge in [0.2, 0.25) is 0 Å². The molecule has 3 aromatic rings. The Morgan fingerprint density at radius 3 is 2.64 bits per heavy atom. The first-order valence-corrected chi connectivity index (χ1v) is 9.01. The Morgan fingerprint density at radius 2 is 1.93 bits per heavy atom. The molecular formula is C19H19N5O4. The first-order chi connectivity index (χ1) is 13.5. The summed E-state index contributed by atoms with van der Waals surface area (Å²) < 4.78 is 5.22. The largest absolute Gasteiger partial charge is 0.476 e. The van der Waals surface area contributed by atoms with E-state index in [9.17, 15) is 9.59 Å². The highest BCUT2D eigenvalue weighted by Gasteiger charge is 2.33. The van der Waals surface area contributed by atoms with E-state index in [0.717, 1.165) is 12.8 Å². The number of hydrogen-bond donors (Lipinski definition) is 1. The summed E-state index contributed by atoms with van der Waals surface area (Å²) in [4.78, 5) is 27.6. The fraction of sp³-hybridized carbons (Fsp3) is 0.316. The van der Waals surface area contributed by atoms with Crippen molar-refractivity contribution in [2.24, 2.45) is 0 Å². The summed E-state index contributed by atoms with van der Waals surface area (Å²) in [7, 11) is 0. The standard InChI is InChI=1S/C19H19N5O4/c1-12-6-7-13(17-10-15(19(26)27)22-28-17)11-23(12)18(25)14-4-2-3-5-16(14)24-20-8-9-21-24/h2-5,8-10,12-13H,6-7,11H2,1H3,(H,26,27)/t12-,13-/m1/s1. The van der Waals surface area contributed by atoms with E-state index < -0.39 is 5.97 Å². The molecule has 144 valence electrons. The lowest BCUT2D eigenvalue weighted by Crippen LogP contribution is -2.45. The zero-order valence-electron chi connectivity index (χ0n) is 15.2. The number of hydrogen-bond acceptors (Lipinski definition) is 6. The quantitative estimate of drug-likeness (QED) is 0.738. The van der Waals surface area contributed by atoms with Gasteiger partial charge in [-0.2, -0.15) is 15.0 Å². The van der Waals surface area contributed by atoms with Crippen LogP contribution in [0, 0.1) is 0 Å². The molecule has 0 bridgehead atoms. The molecule has 0 radical (unpaired) electrons. The van der Waals surface area contributed by atoms with Crippen LogP contribution in [0.5, 0.6) is 0 Å². The van der Waals surface area contributed by atoms with Crippen molar-refractivity contribution in [2.45, 2.75) is 31.7 Å². The molecule has 1 aliphatic heterocycles. The fourth-order valence-corrected chi connectivity index (χ4v) is 3.53. The minimum Gasteiger partial charge on any atom is -0.476 e. The van der Waals surface area contributed by atoms with E-state index in [0.29, 0.717) is 23.6 Å². The zero-order chi connectivity index (χ0) is 19.7. The molecule has 1 aromatic carbocycles. The van der Waals surface area contributed by atoms with E-state index in [1.54, 1.807) is 29.4 Å². The predicted octanol–water partition coefficient (Wildman–Crippen LogP) is 2.36. The van der Waals surface area contributed by atoms with E-state index in [4.69, 9.17) is 9.63 Å². The molecule has 9 heteroatoms. The number of carboxylic acids is 1. The van der Waals surface area contributed by atoms with E-state index in [1.165, 1.54) is 10.9 Å². The SMILES string of the molecule is C[C@@H]1CC[C@@H](c2cc(C(=O)O)no2)CN1C(=O)c1ccccc1-n1nccn1. The summed E-state index contributed by atoms with van der Waals surface area (Å²) in [5.41, 5.74) is 0.997. The van der Waals surface area contributed by atoms with Gasteiger partial charge in [0.25, 0.3) is 5.91 Å². The van der Waals surface area contributed by atoms with Crippen LogP contribution in [0.2, 0.25) is 0 Å². The molecule has 1 amide bonds. The van der Waals surface area contributed by atoms with E-state index >= 15 is 0 Å². The van der Waals surface area contributed by atoms with Gasteiger partial charge in [-0.05, 0) is 31.9 Å². The maximum Gasteiger partial charge on any atom is 0.358 e. The topological polar surface area (TPSA) is 114 Å². The molecule has 1 saturated heterocycles. The Kier molecular flexibility index (Phi) is 4.64. The smallest absolute Gasteiger partial charge is 0.358 e. The van der Waals surface area contributed by atoms with Crippen molar-refractivity contribution in [3.8, 4) is 5.69 Å². The summed E-state index contributed by atoms with van der Waals surface area (Å²) in [6.45, 7) is 2.43. The van der Waals surface area contributed by atoms with Gasteiger partial charge in [0, 0.05) is 24.6 Å². The first-order valence-electron chi connectivity index (χ1n) is 9.01. The number of piperidine rings is 1. The second kappa shape index (κ2) is 7.26. The Balaban J connectivity index is 1.61. The summed E-state index contributed by atoms with van der Waals surface area (Å²) in [6, 6.07) is 8.68. The van der Waals surface area contributed by atoms with Crippen LogP contribution < -0.4 is 0 Å². The van der Waals surface area contributed by atoms with Gasteiger partial charge in [-0.25, -0.2) is 4.79 Å². The van der Waals surface area contributed by atoms with Gasteiger partial charge >= 0.3 is 5.97 Å². The van der Waals surface area contributed by atoms with Crippen LogP contribution in [0.4, 0.5) is 0 Å². The second-order valence-corrected chi connectivity index (χ2v) is 6.84. The third-order valence-corrected chi connectivity index (χ3v) is 5.06. The van der Waals surface area contributed by atoms with Crippen molar-refractivity contribution in [2.75, 3.05) is 6.54 Å². The van der Waals surface area contributed by atoms with Gasteiger partial charge in [0.1, 0.15) is 5.76 Å². The third-order valence-electron chi connectivity index (χ3n) is 5.06. The van der Waals surface area contributed by atoms with Crippen LogP contribution in [-0.2, 0) is 0 Å². The fourth-order valence-electron chi connectivity index (χ4n) is 3.53. The maximum atomic E-state index is 13.3. The molecule has 0 spiro atoms. The van der Waals surface area contributed by atoms with E-state index in [-0.39, 0.29) is 23.6 Å². The van der Waals surface area contributed by atoms with Crippen LogP contribution in [0.3, 0.4) is 0 Å². The Hall–Kier alpha value is -3.49. The lowest BCUT2D eigenvalue weighted by atomic mass is 9.90. The molecule has 9 nitrogen and oxygen atoms in total. The van der Waals surface area contributed by atoms with Gasteiger partial charge in [-0.3, -0.25) is 4.79 Å². The molecule has 3 heterocycles. The number of aromatic nitrogens is 4. The average molecular weight is 381 g/mol. The molecule has 2 atom stereocenters. The van der Waals surface area contributed by atoms with Crippen molar-refractivity contribution in [3.63, 3.8) is 0 Å². The molecule has 4 rings (SSSR count). The molecule has 28 heavy (non-hydrogen) atoms. The second-order valence-electron chi connectivity index (χ2n) is 6.84. The average Bonchev–Trinajstić information content (AvgIpc) is 3.40. The van der Waals surface area contributed by atoms with Crippen molar-refractivity contribution < 1.29 is 19.2 Å². The highest BCUT2D eigenvalue weighted by atomic mass is 16.5. The van der Waals surface area contributed by atoms with Crippen molar-refractivity contribution >= 4 is 11.9 Å². The van der Waals surface area contributed by atoms with Gasteiger partial charge in [-0.15, -0.1) is 0 Å². The molecule has 1 N–H and O–H groups in total. The van der Waals surface area contributed by atoms with Crippen LogP contribution in [-0.4, -0.2) is 54.6 Å². The number of amides is 1. The first kappa shape index (κ1) is 17.9. The van der Waals surface area contributed by atoms with Crippen molar-refractivity contribution in [1.29, 1.82) is 0 Å². The summed E-state index contributed by atoms with van der Waals surface area (Å²) in [5.74, 6) is -0.865. The zero-order valence-corrected chi connectivity index (χ0v) is 15.2. The lowest BCUT2D eigenvalue weighted by Gasteiger charge is -2.37. The molecule has 0 unspecified atom stereocenters. The number of benzene rings is 1. The maximum absolute atomic E-state index is 13.3. The number of rotatable bonds is 4. The van der Waals surface area contributed by atoms with E-state index in [2.05, 4.69) is 15.4 Å². The summed E-state index contributed by atoms with van der Waals surface area (Å²) in [5, 5.41) is 20.9. The molecule has 2 aromatic heterocycles. The van der Waals surface area contributed by atoms with Gasteiger partial charge in [0.05, 0.1) is 23.6 Å². The number of nitrogens with zero attached hydrogens (tertiary/aromatic N) is 5. The Bertz CT molecular complexity index is 997. The Labute approximate surface area is 160 Å². The van der Waals surface area contributed by atoms with Gasteiger partial charge in [-0.1, -0.05) is 17.3 Å². The van der Waals surface area contributed by atoms with Crippen LogP contribution in [0.1, 0.15) is 52.3 Å². The number of aromatic carboxylic acids is 1. The summed E-state index contributed by atoms with van der Waals surface area (Å²) in [6.07, 6.45) is 4.69. The highest BCUT2D eigenvalue weighted by molar-refractivity contribution is 5.98. The Morgan fingerprint density at radius 1 is 1.18 bits per heavy atom.